The van der Waals surface area contributed by atoms with Crippen molar-refractivity contribution in [2.24, 2.45) is 0 Å². The van der Waals surface area contributed by atoms with Gasteiger partial charge in [0.15, 0.2) is 0 Å². The average molecular weight is 109 g/mol. The fourth-order valence-electron chi connectivity index (χ4n) is 0. The van der Waals surface area contributed by atoms with Crippen molar-refractivity contribution in [3.05, 3.63) is 0 Å². The molecular weight excluding hydrogens is 101 g/mol. The zero-order valence-electron chi connectivity index (χ0n) is 3.41. The van der Waals surface area contributed by atoms with Crippen LogP contribution in [0.3, 0.4) is 0 Å². The van der Waals surface area contributed by atoms with E-state index < -0.39 is 0 Å². The Balaban J connectivity index is 0. The van der Waals surface area contributed by atoms with Gasteiger partial charge in [-0.1, -0.05) is 20.3 Å². The Morgan fingerprint density at radius 2 is 1.25 bits per heavy atom. The molecule has 1 heteroatoms. The van der Waals surface area contributed by atoms with E-state index in [0.29, 0.717) is 0 Å². The second kappa shape index (κ2) is 9.46. The summed E-state index contributed by atoms with van der Waals surface area (Å²) in [7, 11) is 0. The third-order valence-electron chi connectivity index (χ3n) is 0. The van der Waals surface area contributed by atoms with Crippen molar-refractivity contribution in [3.63, 3.8) is 0 Å². The SMILES string of the molecule is CCC.[Zn]. The molecular formula is C3H8Zn. The molecule has 0 rings (SSSR count). The van der Waals surface area contributed by atoms with Gasteiger partial charge in [0.1, 0.15) is 0 Å². The minimum absolute atomic E-state index is 0. The van der Waals surface area contributed by atoms with Crippen LogP contribution in [0.4, 0.5) is 0 Å². The molecule has 0 atom stereocenters. The molecule has 0 aliphatic rings. The van der Waals surface area contributed by atoms with E-state index in [4.69, 9.17) is 0 Å². The first-order chi connectivity index (χ1) is 1.41. The third kappa shape index (κ3) is 17.8. The Morgan fingerprint density at radius 3 is 1.25 bits per heavy atom. The Kier molecular flexibility index (Phi) is 20.9. The second-order valence-electron chi connectivity index (χ2n) is 0.707. The van der Waals surface area contributed by atoms with Crippen LogP contribution in [0.25, 0.3) is 0 Å². The normalized spacial score (nSPS) is 4.50. The van der Waals surface area contributed by atoms with E-state index in [-0.39, 0.29) is 19.5 Å². The van der Waals surface area contributed by atoms with E-state index in [2.05, 4.69) is 13.8 Å². The van der Waals surface area contributed by atoms with E-state index in [0.717, 1.165) is 0 Å². The van der Waals surface area contributed by atoms with Crippen molar-refractivity contribution in [3.8, 4) is 0 Å². The van der Waals surface area contributed by atoms with Crippen molar-refractivity contribution < 1.29 is 19.5 Å². The minimum Gasteiger partial charge on any atom is -0.0656 e. The van der Waals surface area contributed by atoms with Gasteiger partial charge in [0, 0.05) is 19.5 Å². The van der Waals surface area contributed by atoms with Crippen molar-refractivity contribution in [2.45, 2.75) is 20.3 Å². The van der Waals surface area contributed by atoms with Crippen LogP contribution >= 0.6 is 0 Å². The molecule has 0 spiro atoms. The van der Waals surface area contributed by atoms with Crippen molar-refractivity contribution in [1.29, 1.82) is 0 Å². The fourth-order valence-corrected chi connectivity index (χ4v) is 0. The summed E-state index contributed by atoms with van der Waals surface area (Å²) >= 11 is 0. The van der Waals surface area contributed by atoms with Gasteiger partial charge < -0.3 is 0 Å². The molecule has 0 nitrogen and oxygen atoms in total. The van der Waals surface area contributed by atoms with Gasteiger partial charge in [0.2, 0.25) is 0 Å². The van der Waals surface area contributed by atoms with Crippen LogP contribution in [-0.4, -0.2) is 0 Å². The molecule has 22 valence electrons. The Hall–Kier alpha value is 0.623. The summed E-state index contributed by atoms with van der Waals surface area (Å²) in [5, 5.41) is 0. The largest absolute Gasteiger partial charge is 0.0656 e. The van der Waals surface area contributed by atoms with Gasteiger partial charge in [-0.25, -0.2) is 0 Å². The molecule has 0 heterocycles. The predicted molar refractivity (Wildman–Crippen MR) is 16.0 cm³/mol. The Morgan fingerprint density at radius 1 is 1.25 bits per heavy atom. The van der Waals surface area contributed by atoms with Gasteiger partial charge in [0.25, 0.3) is 0 Å². The van der Waals surface area contributed by atoms with Crippen molar-refractivity contribution >= 4 is 0 Å². The zero-order chi connectivity index (χ0) is 2.71. The summed E-state index contributed by atoms with van der Waals surface area (Å²) in [4.78, 5) is 0. The van der Waals surface area contributed by atoms with Gasteiger partial charge in [-0.05, 0) is 0 Å². The number of rotatable bonds is 0. The molecule has 0 fully saturated rings. The van der Waals surface area contributed by atoms with E-state index in [9.17, 15) is 0 Å². The summed E-state index contributed by atoms with van der Waals surface area (Å²) in [5.41, 5.74) is 0. The van der Waals surface area contributed by atoms with E-state index in [1.54, 1.807) is 0 Å². The summed E-state index contributed by atoms with van der Waals surface area (Å²) < 4.78 is 0. The van der Waals surface area contributed by atoms with Gasteiger partial charge in [-0.15, -0.1) is 0 Å². The number of hydrogen-bond donors (Lipinski definition) is 0. The monoisotopic (exact) mass is 108 g/mol. The standard InChI is InChI=1S/C3H8.Zn/c1-3-2;/h3H2,1-2H3;. The summed E-state index contributed by atoms with van der Waals surface area (Å²) in [6.45, 7) is 4.25. The summed E-state index contributed by atoms with van der Waals surface area (Å²) in [6.07, 6.45) is 1.25. The van der Waals surface area contributed by atoms with Crippen LogP contribution in [-0.2, 0) is 19.5 Å². The average Bonchev–Trinajstić information content (AvgIpc) is 0.918. The molecule has 0 aliphatic carbocycles. The van der Waals surface area contributed by atoms with Crippen LogP contribution in [0.1, 0.15) is 20.3 Å². The van der Waals surface area contributed by atoms with Crippen LogP contribution < -0.4 is 0 Å². The summed E-state index contributed by atoms with van der Waals surface area (Å²) in [5.74, 6) is 0. The van der Waals surface area contributed by atoms with Crippen LogP contribution in [0, 0.1) is 0 Å². The van der Waals surface area contributed by atoms with Gasteiger partial charge >= 0.3 is 0 Å². The molecule has 0 unspecified atom stereocenters. The quantitative estimate of drug-likeness (QED) is 0.413. The molecule has 0 amide bonds. The van der Waals surface area contributed by atoms with E-state index in [1.165, 1.54) is 6.42 Å². The molecule has 4 heavy (non-hydrogen) atoms. The maximum absolute atomic E-state index is 2.12. The minimum atomic E-state index is 0. The van der Waals surface area contributed by atoms with Crippen molar-refractivity contribution in [1.82, 2.24) is 0 Å². The molecule has 0 saturated carbocycles. The van der Waals surface area contributed by atoms with Crippen LogP contribution in [0.5, 0.6) is 0 Å². The van der Waals surface area contributed by atoms with E-state index >= 15 is 0 Å². The fraction of sp³-hybridized carbons (Fsp3) is 1.00. The topological polar surface area (TPSA) is 0 Å². The molecule has 0 bridgehead atoms. The Labute approximate surface area is 40.4 Å². The number of hydrogen-bond acceptors (Lipinski definition) is 0. The smallest absolute Gasteiger partial charge is 0 e. The van der Waals surface area contributed by atoms with Gasteiger partial charge in [-0.2, -0.15) is 0 Å². The Bertz CT molecular complexity index is 3.25. The first-order valence-corrected chi connectivity index (χ1v) is 1.41. The first-order valence-electron chi connectivity index (χ1n) is 1.41. The molecule has 0 aliphatic heterocycles. The van der Waals surface area contributed by atoms with Crippen LogP contribution in [0.15, 0.2) is 0 Å². The molecule has 0 aromatic heterocycles. The maximum atomic E-state index is 2.12. The summed E-state index contributed by atoms with van der Waals surface area (Å²) in [6, 6.07) is 0. The zero-order valence-corrected chi connectivity index (χ0v) is 6.38. The maximum Gasteiger partial charge on any atom is 0 e. The first kappa shape index (κ1) is 8.82. The van der Waals surface area contributed by atoms with E-state index in [1.807, 2.05) is 0 Å². The third-order valence-corrected chi connectivity index (χ3v) is 0. The molecule has 0 N–H and O–H groups in total. The van der Waals surface area contributed by atoms with Crippen molar-refractivity contribution in [2.75, 3.05) is 0 Å². The molecule has 0 saturated heterocycles. The molecule has 0 aromatic carbocycles. The second-order valence-corrected chi connectivity index (χ2v) is 0.707. The van der Waals surface area contributed by atoms with Gasteiger partial charge in [-0.3, -0.25) is 0 Å². The molecule has 0 radical (unpaired) electrons. The predicted octanol–water partition coefficient (Wildman–Crippen LogP) is 1.41. The van der Waals surface area contributed by atoms with Gasteiger partial charge in [0.05, 0.1) is 0 Å². The molecule has 0 aromatic rings. The van der Waals surface area contributed by atoms with Crippen LogP contribution in [0.2, 0.25) is 0 Å².